The Morgan fingerprint density at radius 1 is 1.22 bits per heavy atom. The first-order valence-corrected chi connectivity index (χ1v) is 9.23. The van der Waals surface area contributed by atoms with Gasteiger partial charge in [0, 0.05) is 18.5 Å². The SMILES string of the molecule is CCc1nc(CC(=O)NCCNc2nc3ccccc3s2)cs1. The van der Waals surface area contributed by atoms with Gasteiger partial charge >= 0.3 is 0 Å². The van der Waals surface area contributed by atoms with E-state index in [4.69, 9.17) is 0 Å². The van der Waals surface area contributed by atoms with E-state index < -0.39 is 0 Å². The van der Waals surface area contributed by atoms with Gasteiger partial charge in [-0.05, 0) is 18.6 Å². The first-order chi connectivity index (χ1) is 11.2. The van der Waals surface area contributed by atoms with Gasteiger partial charge < -0.3 is 10.6 Å². The number of hydrogen-bond acceptors (Lipinski definition) is 6. The number of benzene rings is 1. The molecule has 3 aromatic rings. The monoisotopic (exact) mass is 346 g/mol. The Morgan fingerprint density at radius 2 is 2.09 bits per heavy atom. The van der Waals surface area contributed by atoms with Crippen LogP contribution in [0.1, 0.15) is 17.6 Å². The standard InChI is InChI=1S/C16H18N4OS2/c1-2-15-19-11(10-22-15)9-14(21)17-7-8-18-16-20-12-5-3-4-6-13(12)23-16/h3-6,10H,2,7-9H2,1H3,(H,17,21)(H,18,20). The number of carbonyl (C=O) groups excluding carboxylic acids is 1. The van der Waals surface area contributed by atoms with E-state index in [0.29, 0.717) is 19.5 Å². The lowest BCUT2D eigenvalue weighted by Gasteiger charge is -2.04. The average molecular weight is 346 g/mol. The Morgan fingerprint density at radius 3 is 2.87 bits per heavy atom. The maximum Gasteiger partial charge on any atom is 0.226 e. The summed E-state index contributed by atoms with van der Waals surface area (Å²) in [4.78, 5) is 20.8. The highest BCUT2D eigenvalue weighted by Gasteiger charge is 2.07. The van der Waals surface area contributed by atoms with Gasteiger partial charge in [0.15, 0.2) is 5.13 Å². The van der Waals surface area contributed by atoms with Crippen LogP contribution in [0.2, 0.25) is 0 Å². The highest BCUT2D eigenvalue weighted by Crippen LogP contribution is 2.24. The second-order valence-electron chi connectivity index (χ2n) is 5.03. The molecule has 0 saturated carbocycles. The molecule has 23 heavy (non-hydrogen) atoms. The van der Waals surface area contributed by atoms with Gasteiger partial charge in [0.05, 0.1) is 27.3 Å². The van der Waals surface area contributed by atoms with Gasteiger partial charge in [-0.25, -0.2) is 9.97 Å². The van der Waals surface area contributed by atoms with Gasteiger partial charge in [-0.3, -0.25) is 4.79 Å². The number of nitrogens with zero attached hydrogens (tertiary/aromatic N) is 2. The molecule has 0 spiro atoms. The summed E-state index contributed by atoms with van der Waals surface area (Å²) in [5, 5.41) is 10.1. The van der Waals surface area contributed by atoms with Gasteiger partial charge in [-0.2, -0.15) is 0 Å². The fourth-order valence-electron chi connectivity index (χ4n) is 2.14. The van der Waals surface area contributed by atoms with Crippen molar-refractivity contribution in [1.82, 2.24) is 15.3 Å². The fourth-order valence-corrected chi connectivity index (χ4v) is 3.77. The number of aryl methyl sites for hydroxylation is 1. The van der Waals surface area contributed by atoms with E-state index in [0.717, 1.165) is 32.5 Å². The van der Waals surface area contributed by atoms with Crippen LogP contribution in [0, 0.1) is 0 Å². The van der Waals surface area contributed by atoms with Crippen molar-refractivity contribution in [2.75, 3.05) is 18.4 Å². The molecular formula is C16H18N4OS2. The summed E-state index contributed by atoms with van der Waals surface area (Å²) in [6.07, 6.45) is 1.26. The molecule has 3 rings (SSSR count). The van der Waals surface area contributed by atoms with Crippen LogP contribution >= 0.6 is 22.7 Å². The van der Waals surface area contributed by atoms with Crippen LogP contribution in [0.3, 0.4) is 0 Å². The fraction of sp³-hybridized carbons (Fsp3) is 0.312. The molecule has 5 nitrogen and oxygen atoms in total. The lowest BCUT2D eigenvalue weighted by Crippen LogP contribution is -2.30. The number of para-hydroxylation sites is 1. The second kappa shape index (κ2) is 7.52. The molecular weight excluding hydrogens is 328 g/mol. The van der Waals surface area contributed by atoms with E-state index >= 15 is 0 Å². The molecule has 0 aliphatic carbocycles. The van der Waals surface area contributed by atoms with Crippen LogP contribution in [0.15, 0.2) is 29.6 Å². The van der Waals surface area contributed by atoms with Gasteiger partial charge in [-0.15, -0.1) is 11.3 Å². The highest BCUT2D eigenvalue weighted by molar-refractivity contribution is 7.22. The molecule has 0 saturated heterocycles. The van der Waals surface area contributed by atoms with Crippen LogP contribution in [0.4, 0.5) is 5.13 Å². The Kier molecular flexibility index (Phi) is 5.19. The molecule has 120 valence electrons. The molecule has 0 aliphatic rings. The summed E-state index contributed by atoms with van der Waals surface area (Å²) in [7, 11) is 0. The normalized spacial score (nSPS) is 10.8. The summed E-state index contributed by atoms with van der Waals surface area (Å²) in [5.74, 6) is 0.00375. The molecule has 1 amide bonds. The van der Waals surface area contributed by atoms with Crippen molar-refractivity contribution in [3.8, 4) is 0 Å². The Labute approximate surface area is 142 Å². The molecule has 0 fully saturated rings. The van der Waals surface area contributed by atoms with Crippen molar-refractivity contribution in [1.29, 1.82) is 0 Å². The van der Waals surface area contributed by atoms with Crippen LogP contribution in [-0.2, 0) is 17.6 Å². The largest absolute Gasteiger partial charge is 0.360 e. The predicted molar refractivity (Wildman–Crippen MR) is 96.3 cm³/mol. The molecule has 0 bridgehead atoms. The number of fused-ring (bicyclic) bond motifs is 1. The van der Waals surface area contributed by atoms with Crippen molar-refractivity contribution < 1.29 is 4.79 Å². The number of thiazole rings is 2. The maximum absolute atomic E-state index is 11.9. The Balaban J connectivity index is 1.41. The third-order valence-electron chi connectivity index (χ3n) is 3.26. The topological polar surface area (TPSA) is 66.9 Å². The summed E-state index contributed by atoms with van der Waals surface area (Å²) in [5.41, 5.74) is 1.85. The number of hydrogen-bond donors (Lipinski definition) is 2. The van der Waals surface area contributed by atoms with Crippen LogP contribution in [0.25, 0.3) is 10.2 Å². The lowest BCUT2D eigenvalue weighted by molar-refractivity contribution is -0.120. The molecule has 0 radical (unpaired) electrons. The highest BCUT2D eigenvalue weighted by atomic mass is 32.1. The molecule has 7 heteroatoms. The van der Waals surface area contributed by atoms with Crippen molar-refractivity contribution in [2.24, 2.45) is 0 Å². The van der Waals surface area contributed by atoms with Crippen LogP contribution in [-0.4, -0.2) is 29.0 Å². The first-order valence-electron chi connectivity index (χ1n) is 7.54. The third kappa shape index (κ3) is 4.27. The van der Waals surface area contributed by atoms with E-state index in [1.54, 1.807) is 22.7 Å². The van der Waals surface area contributed by atoms with E-state index in [-0.39, 0.29) is 5.91 Å². The zero-order valence-electron chi connectivity index (χ0n) is 12.8. The molecule has 0 aliphatic heterocycles. The summed E-state index contributed by atoms with van der Waals surface area (Å²) < 4.78 is 1.16. The number of carbonyl (C=O) groups is 1. The van der Waals surface area contributed by atoms with Crippen LogP contribution < -0.4 is 10.6 Å². The van der Waals surface area contributed by atoms with Gasteiger partial charge in [-0.1, -0.05) is 30.4 Å². The van der Waals surface area contributed by atoms with Crippen molar-refractivity contribution in [3.05, 3.63) is 40.3 Å². The third-order valence-corrected chi connectivity index (χ3v) is 5.30. The van der Waals surface area contributed by atoms with Crippen molar-refractivity contribution >= 4 is 43.9 Å². The summed E-state index contributed by atoms with van der Waals surface area (Å²) >= 11 is 3.23. The molecule has 0 atom stereocenters. The van der Waals surface area contributed by atoms with E-state index in [2.05, 4.69) is 33.6 Å². The lowest BCUT2D eigenvalue weighted by atomic mass is 10.3. The van der Waals surface area contributed by atoms with E-state index in [1.165, 1.54) is 0 Å². The van der Waals surface area contributed by atoms with Gasteiger partial charge in [0.2, 0.25) is 5.91 Å². The minimum Gasteiger partial charge on any atom is -0.360 e. The van der Waals surface area contributed by atoms with Crippen LogP contribution in [0.5, 0.6) is 0 Å². The van der Waals surface area contributed by atoms with Gasteiger partial charge in [0.1, 0.15) is 0 Å². The summed E-state index contributed by atoms with van der Waals surface area (Å²) in [6.45, 7) is 3.29. The smallest absolute Gasteiger partial charge is 0.226 e. The number of amides is 1. The number of aromatic nitrogens is 2. The zero-order chi connectivity index (χ0) is 16.1. The number of anilines is 1. The van der Waals surface area contributed by atoms with Gasteiger partial charge in [0.25, 0.3) is 0 Å². The first kappa shape index (κ1) is 15.9. The predicted octanol–water partition coefficient (Wildman–Crippen LogP) is 3.09. The summed E-state index contributed by atoms with van der Waals surface area (Å²) in [6, 6.07) is 8.04. The minimum absolute atomic E-state index is 0.00375. The van der Waals surface area contributed by atoms with Crippen molar-refractivity contribution in [2.45, 2.75) is 19.8 Å². The average Bonchev–Trinajstić information content (AvgIpc) is 3.17. The minimum atomic E-state index is 0.00375. The second-order valence-corrected chi connectivity index (χ2v) is 7.00. The molecule has 2 N–H and O–H groups in total. The number of rotatable bonds is 7. The molecule has 2 heterocycles. The zero-order valence-corrected chi connectivity index (χ0v) is 14.5. The van der Waals surface area contributed by atoms with Crippen molar-refractivity contribution in [3.63, 3.8) is 0 Å². The molecule has 0 unspecified atom stereocenters. The Hall–Kier alpha value is -1.99. The quantitative estimate of drug-likeness (QED) is 0.645. The maximum atomic E-state index is 11.9. The van der Waals surface area contributed by atoms with E-state index in [9.17, 15) is 4.79 Å². The Bertz CT molecular complexity index is 763. The van der Waals surface area contributed by atoms with E-state index in [1.807, 2.05) is 23.6 Å². The molecule has 2 aromatic heterocycles. The number of nitrogens with one attached hydrogen (secondary N) is 2. The molecule has 1 aromatic carbocycles.